The van der Waals surface area contributed by atoms with Gasteiger partial charge >= 0.3 is 0 Å². The van der Waals surface area contributed by atoms with E-state index in [1.54, 1.807) is 13.0 Å². The second kappa shape index (κ2) is 8.64. The zero-order chi connectivity index (χ0) is 20.2. The molecule has 0 spiro atoms. The molecule has 0 bridgehead atoms. The number of thiophene rings is 1. The summed E-state index contributed by atoms with van der Waals surface area (Å²) < 4.78 is 25.7. The highest BCUT2D eigenvalue weighted by molar-refractivity contribution is 7.89. The first-order chi connectivity index (χ1) is 12.6. The van der Waals surface area contributed by atoms with Crippen LogP contribution in [0.2, 0.25) is 0 Å². The number of carbonyl (C=O) groups excluding carboxylic acids is 2. The van der Waals surface area contributed by atoms with E-state index in [0.29, 0.717) is 5.69 Å². The fourth-order valence-electron chi connectivity index (χ4n) is 2.45. The first-order valence-corrected chi connectivity index (χ1v) is 10.6. The molecule has 7 nitrogen and oxygen atoms in total. The van der Waals surface area contributed by atoms with Crippen molar-refractivity contribution < 1.29 is 18.0 Å². The van der Waals surface area contributed by atoms with E-state index < -0.39 is 16.1 Å². The van der Waals surface area contributed by atoms with Crippen LogP contribution in [0.1, 0.15) is 29.8 Å². The lowest BCUT2D eigenvalue weighted by atomic mass is 10.1. The molecule has 0 aliphatic rings. The highest BCUT2D eigenvalue weighted by Crippen LogP contribution is 2.25. The Morgan fingerprint density at radius 2 is 1.93 bits per heavy atom. The Bertz CT molecular complexity index is 922. The van der Waals surface area contributed by atoms with Crippen LogP contribution in [0.5, 0.6) is 0 Å². The van der Waals surface area contributed by atoms with Crippen molar-refractivity contribution in [3.05, 3.63) is 46.2 Å². The molecule has 2 N–H and O–H groups in total. The average Bonchev–Trinajstić information content (AvgIpc) is 3.10. The fourth-order valence-corrected chi connectivity index (χ4v) is 4.16. The number of nitrogens with one attached hydrogen (secondary N) is 2. The molecule has 0 radical (unpaired) electrons. The number of rotatable bonds is 7. The van der Waals surface area contributed by atoms with Crippen molar-refractivity contribution in [2.24, 2.45) is 0 Å². The predicted molar refractivity (Wildman–Crippen MR) is 106 cm³/mol. The van der Waals surface area contributed by atoms with E-state index in [1.807, 2.05) is 17.5 Å². The third-order valence-corrected chi connectivity index (χ3v) is 6.71. The Balaban J connectivity index is 2.20. The summed E-state index contributed by atoms with van der Waals surface area (Å²) in [6.07, 6.45) is 0.0458. The van der Waals surface area contributed by atoms with Crippen LogP contribution in [-0.2, 0) is 19.6 Å². The molecule has 0 aliphatic heterocycles. The summed E-state index contributed by atoms with van der Waals surface area (Å²) in [5, 5.41) is 7.41. The van der Waals surface area contributed by atoms with Crippen LogP contribution >= 0.6 is 11.3 Å². The summed E-state index contributed by atoms with van der Waals surface area (Å²) in [5.41, 5.74) is 1.17. The van der Waals surface area contributed by atoms with Gasteiger partial charge < -0.3 is 10.6 Å². The van der Waals surface area contributed by atoms with Crippen LogP contribution < -0.4 is 10.6 Å². The summed E-state index contributed by atoms with van der Waals surface area (Å²) in [6.45, 7) is 3.19. The summed E-state index contributed by atoms with van der Waals surface area (Å²) in [7, 11) is -0.698. The fraction of sp³-hybridized carbons (Fsp3) is 0.333. The number of benzene rings is 1. The molecule has 1 heterocycles. The molecule has 0 fully saturated rings. The van der Waals surface area contributed by atoms with Gasteiger partial charge in [0.05, 0.1) is 17.4 Å². The lowest BCUT2D eigenvalue weighted by Gasteiger charge is -2.18. The Hall–Kier alpha value is -2.23. The van der Waals surface area contributed by atoms with Crippen molar-refractivity contribution in [2.75, 3.05) is 19.4 Å². The van der Waals surface area contributed by atoms with Crippen molar-refractivity contribution >= 4 is 38.9 Å². The van der Waals surface area contributed by atoms with Crippen LogP contribution in [0.3, 0.4) is 0 Å². The normalized spacial score (nSPS) is 12.6. The molecule has 0 saturated heterocycles. The summed E-state index contributed by atoms with van der Waals surface area (Å²) in [6, 6.07) is 7.88. The summed E-state index contributed by atoms with van der Waals surface area (Å²) in [4.78, 5) is 25.0. The lowest BCUT2D eigenvalue weighted by molar-refractivity contribution is -0.120. The van der Waals surface area contributed by atoms with Crippen LogP contribution in [0.15, 0.2) is 40.6 Å². The molecule has 27 heavy (non-hydrogen) atoms. The Kier molecular flexibility index (Phi) is 6.74. The topological polar surface area (TPSA) is 95.6 Å². The smallest absolute Gasteiger partial charge is 0.242 e. The Morgan fingerprint density at radius 3 is 2.48 bits per heavy atom. The van der Waals surface area contributed by atoms with Crippen LogP contribution in [0.4, 0.5) is 5.69 Å². The monoisotopic (exact) mass is 409 g/mol. The molecule has 2 rings (SSSR count). The molecular formula is C18H23N3O4S2. The van der Waals surface area contributed by atoms with Gasteiger partial charge in [-0.25, -0.2) is 12.7 Å². The molecule has 1 atom stereocenters. The van der Waals surface area contributed by atoms with Crippen LogP contribution in [-0.4, -0.2) is 38.6 Å². The lowest BCUT2D eigenvalue weighted by Crippen LogP contribution is -2.29. The second-order valence-electron chi connectivity index (χ2n) is 6.28. The number of amides is 2. The molecule has 0 unspecified atom stereocenters. The van der Waals surface area contributed by atoms with E-state index in [0.717, 1.165) is 14.7 Å². The maximum atomic E-state index is 12.5. The zero-order valence-electron chi connectivity index (χ0n) is 15.6. The minimum Gasteiger partial charge on any atom is -0.348 e. The Labute approximate surface area is 163 Å². The van der Waals surface area contributed by atoms with E-state index in [4.69, 9.17) is 0 Å². The van der Waals surface area contributed by atoms with Crippen LogP contribution in [0, 0.1) is 6.92 Å². The predicted octanol–water partition coefficient (Wildman–Crippen LogP) is 2.51. The molecule has 2 amide bonds. The third-order valence-electron chi connectivity index (χ3n) is 3.92. The third kappa shape index (κ3) is 5.38. The van der Waals surface area contributed by atoms with Crippen molar-refractivity contribution in [1.82, 2.24) is 9.62 Å². The average molecular weight is 410 g/mol. The van der Waals surface area contributed by atoms with Gasteiger partial charge in [-0.2, -0.15) is 0 Å². The maximum Gasteiger partial charge on any atom is 0.242 e. The largest absolute Gasteiger partial charge is 0.348 e. The van der Waals surface area contributed by atoms with Gasteiger partial charge in [0.1, 0.15) is 0 Å². The van der Waals surface area contributed by atoms with Gasteiger partial charge in [-0.1, -0.05) is 12.1 Å². The van der Waals surface area contributed by atoms with E-state index in [-0.39, 0.29) is 23.1 Å². The highest BCUT2D eigenvalue weighted by atomic mass is 32.2. The maximum absolute atomic E-state index is 12.5. The van der Waals surface area contributed by atoms with Crippen molar-refractivity contribution in [2.45, 2.75) is 31.2 Å². The molecule has 1 aromatic carbocycles. The standard InChI is InChI=1S/C18H23N3O4S2/c1-12-7-8-14(27(24,25)21(3)4)10-15(12)20-18(23)11-16(19-13(2)22)17-6-5-9-26-17/h5-10,16H,11H2,1-4H3,(H,19,22)(H,20,23)/t16-/m0/s1. The van der Waals surface area contributed by atoms with E-state index in [2.05, 4.69) is 10.6 Å². The second-order valence-corrected chi connectivity index (χ2v) is 9.42. The molecule has 0 saturated carbocycles. The SMILES string of the molecule is CC(=O)N[C@@H](CC(=O)Nc1cc(S(=O)(=O)N(C)C)ccc1C)c1cccs1. The highest BCUT2D eigenvalue weighted by Gasteiger charge is 2.21. The number of carbonyl (C=O) groups is 2. The number of nitrogens with zero attached hydrogens (tertiary/aromatic N) is 1. The van der Waals surface area contributed by atoms with Gasteiger partial charge in [-0.05, 0) is 36.1 Å². The number of anilines is 1. The first-order valence-electron chi connectivity index (χ1n) is 8.25. The molecule has 9 heteroatoms. The van der Waals surface area contributed by atoms with Gasteiger partial charge in [0, 0.05) is 31.6 Å². The zero-order valence-corrected chi connectivity index (χ0v) is 17.3. The van der Waals surface area contributed by atoms with Crippen LogP contribution in [0.25, 0.3) is 0 Å². The van der Waals surface area contributed by atoms with Gasteiger partial charge in [-0.15, -0.1) is 11.3 Å². The Morgan fingerprint density at radius 1 is 1.22 bits per heavy atom. The molecule has 2 aromatic rings. The van der Waals surface area contributed by atoms with Gasteiger partial charge in [-0.3, -0.25) is 9.59 Å². The molecule has 1 aromatic heterocycles. The number of aryl methyl sites for hydroxylation is 1. The molecule has 0 aliphatic carbocycles. The van der Waals surface area contributed by atoms with Crippen molar-refractivity contribution in [3.8, 4) is 0 Å². The minimum atomic E-state index is -3.60. The van der Waals surface area contributed by atoms with Gasteiger partial charge in [0.25, 0.3) is 0 Å². The van der Waals surface area contributed by atoms with Gasteiger partial charge in [0.15, 0.2) is 0 Å². The van der Waals surface area contributed by atoms with Gasteiger partial charge in [0.2, 0.25) is 21.8 Å². The van der Waals surface area contributed by atoms with Crippen molar-refractivity contribution in [1.29, 1.82) is 0 Å². The molecular weight excluding hydrogens is 386 g/mol. The molecule has 146 valence electrons. The number of sulfonamides is 1. The quantitative estimate of drug-likeness (QED) is 0.734. The van der Waals surface area contributed by atoms with E-state index >= 15 is 0 Å². The first kappa shape index (κ1) is 21.1. The summed E-state index contributed by atoms with van der Waals surface area (Å²) >= 11 is 1.45. The number of hydrogen-bond acceptors (Lipinski definition) is 5. The van der Waals surface area contributed by atoms with E-state index in [9.17, 15) is 18.0 Å². The van der Waals surface area contributed by atoms with Crippen molar-refractivity contribution in [3.63, 3.8) is 0 Å². The minimum absolute atomic E-state index is 0.0458. The number of hydrogen-bond donors (Lipinski definition) is 2. The summed E-state index contributed by atoms with van der Waals surface area (Å²) in [5.74, 6) is -0.541. The van der Waals surface area contributed by atoms with E-state index in [1.165, 1.54) is 44.5 Å².